The molecule has 0 aliphatic heterocycles. The monoisotopic (exact) mass is 349 g/mol. The molecule has 5 heteroatoms. The third-order valence-electron chi connectivity index (χ3n) is 3.41. The van der Waals surface area contributed by atoms with Crippen molar-refractivity contribution >= 4 is 44.8 Å². The molecule has 1 aliphatic carbocycles. The fraction of sp³-hybridized carbons (Fsp3) is 0.615. The summed E-state index contributed by atoms with van der Waals surface area (Å²) in [4.78, 5) is 15.2. The molecule has 1 aliphatic rings. The van der Waals surface area contributed by atoms with Crippen molar-refractivity contribution in [2.45, 2.75) is 38.1 Å². The Balaban J connectivity index is 2.13. The summed E-state index contributed by atoms with van der Waals surface area (Å²) in [6.07, 6.45) is 6.01. The molecule has 0 saturated heterocycles. The van der Waals surface area contributed by atoms with Gasteiger partial charge in [-0.25, -0.2) is 0 Å². The van der Waals surface area contributed by atoms with Crippen LogP contribution in [-0.2, 0) is 0 Å². The lowest BCUT2D eigenvalue weighted by molar-refractivity contribution is 0.0656. The van der Waals surface area contributed by atoms with E-state index in [-0.39, 0.29) is 5.91 Å². The Hall–Kier alpha value is -0.0600. The van der Waals surface area contributed by atoms with Crippen molar-refractivity contribution in [3.05, 3.63) is 21.3 Å². The fourth-order valence-electron chi connectivity index (χ4n) is 2.51. The molecular formula is C13H17BrClNOS. The molecule has 1 fully saturated rings. The largest absolute Gasteiger partial charge is 0.334 e. The summed E-state index contributed by atoms with van der Waals surface area (Å²) in [6, 6.07) is 2.19. The van der Waals surface area contributed by atoms with Gasteiger partial charge in [-0.3, -0.25) is 4.79 Å². The first-order valence-corrected chi connectivity index (χ1v) is 8.72. The van der Waals surface area contributed by atoms with Gasteiger partial charge in [-0.2, -0.15) is 0 Å². The Labute approximate surface area is 125 Å². The minimum absolute atomic E-state index is 0.0985. The van der Waals surface area contributed by atoms with Crippen LogP contribution in [-0.4, -0.2) is 28.7 Å². The highest BCUT2D eigenvalue weighted by Crippen LogP contribution is 2.28. The summed E-state index contributed by atoms with van der Waals surface area (Å²) in [6.45, 7) is 0.762. The van der Waals surface area contributed by atoms with Crippen LogP contribution in [0.5, 0.6) is 0 Å². The van der Waals surface area contributed by atoms with Gasteiger partial charge in [0.15, 0.2) is 0 Å². The lowest BCUT2D eigenvalue weighted by Gasteiger charge is -2.33. The molecule has 1 aromatic rings. The standard InChI is InChI=1S/C13H17BrClNOS/c14-7-8-16(10-4-2-1-3-5-10)13(17)12-11(15)6-9-18-12/h6,9-10H,1-5,7-8H2. The smallest absolute Gasteiger partial charge is 0.265 e. The molecule has 0 unspecified atom stereocenters. The highest BCUT2D eigenvalue weighted by atomic mass is 79.9. The second kappa shape index (κ2) is 6.92. The molecule has 1 heterocycles. The molecule has 0 bridgehead atoms. The number of hydrogen-bond acceptors (Lipinski definition) is 2. The van der Waals surface area contributed by atoms with Crippen LogP contribution < -0.4 is 0 Å². The van der Waals surface area contributed by atoms with Crippen molar-refractivity contribution in [3.8, 4) is 0 Å². The van der Waals surface area contributed by atoms with E-state index in [0.717, 1.165) is 24.7 Å². The van der Waals surface area contributed by atoms with Gasteiger partial charge >= 0.3 is 0 Å². The summed E-state index contributed by atoms with van der Waals surface area (Å²) in [5.74, 6) is 0.0985. The zero-order valence-corrected chi connectivity index (χ0v) is 13.4. The average molecular weight is 351 g/mol. The zero-order valence-electron chi connectivity index (χ0n) is 10.2. The number of carbonyl (C=O) groups is 1. The van der Waals surface area contributed by atoms with Crippen LogP contribution in [0.1, 0.15) is 41.8 Å². The molecule has 100 valence electrons. The maximum absolute atomic E-state index is 12.5. The van der Waals surface area contributed by atoms with E-state index >= 15 is 0 Å². The van der Waals surface area contributed by atoms with E-state index in [1.165, 1.54) is 30.6 Å². The number of carbonyl (C=O) groups excluding carboxylic acids is 1. The molecule has 1 aromatic heterocycles. The van der Waals surface area contributed by atoms with Crippen LogP contribution in [0.15, 0.2) is 11.4 Å². The third kappa shape index (κ3) is 3.28. The molecular weight excluding hydrogens is 334 g/mol. The predicted octanol–water partition coefficient (Wildman–Crippen LogP) is 4.57. The van der Waals surface area contributed by atoms with Gasteiger partial charge in [-0.05, 0) is 24.3 Å². The van der Waals surface area contributed by atoms with Crippen molar-refractivity contribution in [2.24, 2.45) is 0 Å². The second-order valence-electron chi connectivity index (χ2n) is 4.58. The van der Waals surface area contributed by atoms with E-state index in [4.69, 9.17) is 11.6 Å². The number of thiophene rings is 1. The number of amides is 1. The van der Waals surface area contributed by atoms with Gasteiger partial charge in [0.2, 0.25) is 0 Å². The predicted molar refractivity (Wildman–Crippen MR) is 81.0 cm³/mol. The lowest BCUT2D eigenvalue weighted by Crippen LogP contribution is -2.42. The summed E-state index contributed by atoms with van der Waals surface area (Å²) >= 11 is 10.9. The van der Waals surface area contributed by atoms with E-state index in [1.54, 1.807) is 6.07 Å². The summed E-state index contributed by atoms with van der Waals surface area (Å²) in [7, 11) is 0. The highest BCUT2D eigenvalue weighted by molar-refractivity contribution is 9.09. The van der Waals surface area contributed by atoms with Crippen molar-refractivity contribution in [1.29, 1.82) is 0 Å². The van der Waals surface area contributed by atoms with Gasteiger partial charge in [0.05, 0.1) is 5.02 Å². The first kappa shape index (κ1) is 14.4. The van der Waals surface area contributed by atoms with Crippen LogP contribution in [0.4, 0.5) is 0 Å². The summed E-state index contributed by atoms with van der Waals surface area (Å²) < 4.78 is 0. The van der Waals surface area contributed by atoms with Gasteiger partial charge in [-0.1, -0.05) is 46.8 Å². The molecule has 0 spiro atoms. The van der Waals surface area contributed by atoms with Crippen LogP contribution in [0, 0.1) is 0 Å². The van der Waals surface area contributed by atoms with E-state index < -0.39 is 0 Å². The fourth-order valence-corrected chi connectivity index (χ4v) is 3.98. The van der Waals surface area contributed by atoms with Crippen molar-refractivity contribution in [2.75, 3.05) is 11.9 Å². The van der Waals surface area contributed by atoms with Crippen LogP contribution in [0.25, 0.3) is 0 Å². The SMILES string of the molecule is O=C(c1sccc1Cl)N(CCBr)C1CCCCC1. The summed E-state index contributed by atoms with van der Waals surface area (Å²) in [5.41, 5.74) is 0. The summed E-state index contributed by atoms with van der Waals surface area (Å²) in [5, 5.41) is 3.28. The Morgan fingerprint density at radius 1 is 1.44 bits per heavy atom. The van der Waals surface area contributed by atoms with Crippen LogP contribution >= 0.6 is 38.9 Å². The Morgan fingerprint density at radius 3 is 2.72 bits per heavy atom. The molecule has 0 radical (unpaired) electrons. The zero-order chi connectivity index (χ0) is 13.0. The number of nitrogens with zero attached hydrogens (tertiary/aromatic N) is 1. The topological polar surface area (TPSA) is 20.3 Å². The molecule has 1 saturated carbocycles. The Kier molecular flexibility index (Phi) is 5.52. The molecule has 1 amide bonds. The Morgan fingerprint density at radius 2 is 2.17 bits per heavy atom. The highest BCUT2D eigenvalue weighted by Gasteiger charge is 2.27. The normalized spacial score (nSPS) is 16.8. The number of alkyl halides is 1. The second-order valence-corrected chi connectivity index (χ2v) is 6.69. The third-order valence-corrected chi connectivity index (χ3v) is 5.10. The van der Waals surface area contributed by atoms with Gasteiger partial charge in [0, 0.05) is 17.9 Å². The lowest BCUT2D eigenvalue weighted by atomic mass is 9.94. The maximum Gasteiger partial charge on any atom is 0.265 e. The minimum Gasteiger partial charge on any atom is -0.334 e. The van der Waals surface area contributed by atoms with Gasteiger partial charge in [-0.15, -0.1) is 11.3 Å². The number of hydrogen-bond donors (Lipinski definition) is 0. The Bertz CT molecular complexity index is 403. The average Bonchev–Trinajstić information content (AvgIpc) is 2.82. The number of rotatable bonds is 4. The quantitative estimate of drug-likeness (QED) is 0.728. The molecule has 0 aromatic carbocycles. The van der Waals surface area contributed by atoms with E-state index in [9.17, 15) is 4.79 Å². The molecule has 2 rings (SSSR count). The van der Waals surface area contributed by atoms with Gasteiger partial charge in [0.1, 0.15) is 4.88 Å². The van der Waals surface area contributed by atoms with Crippen molar-refractivity contribution in [1.82, 2.24) is 4.90 Å². The molecule has 2 nitrogen and oxygen atoms in total. The van der Waals surface area contributed by atoms with Gasteiger partial charge in [0.25, 0.3) is 5.91 Å². The van der Waals surface area contributed by atoms with Crippen molar-refractivity contribution < 1.29 is 4.79 Å². The molecule has 18 heavy (non-hydrogen) atoms. The van der Waals surface area contributed by atoms with Crippen molar-refractivity contribution in [3.63, 3.8) is 0 Å². The first-order valence-electron chi connectivity index (χ1n) is 6.34. The first-order chi connectivity index (χ1) is 8.74. The van der Waals surface area contributed by atoms with E-state index in [1.807, 2.05) is 10.3 Å². The minimum atomic E-state index is 0.0985. The number of halogens is 2. The van der Waals surface area contributed by atoms with Gasteiger partial charge < -0.3 is 4.90 Å². The molecule has 0 atom stereocenters. The van der Waals surface area contributed by atoms with Crippen LogP contribution in [0.2, 0.25) is 5.02 Å². The van der Waals surface area contributed by atoms with E-state index in [0.29, 0.717) is 15.9 Å². The van der Waals surface area contributed by atoms with E-state index in [2.05, 4.69) is 15.9 Å². The maximum atomic E-state index is 12.5. The molecule has 0 N–H and O–H groups in total. The van der Waals surface area contributed by atoms with Crippen LogP contribution in [0.3, 0.4) is 0 Å².